The van der Waals surface area contributed by atoms with Crippen LogP contribution in [-0.4, -0.2) is 13.1 Å². The third-order valence-electron chi connectivity index (χ3n) is 0.166. The average molecular weight is 122 g/mol. The molecule has 0 aliphatic heterocycles. The molecule has 0 unspecified atom stereocenters. The zero-order valence-electron chi connectivity index (χ0n) is 4.88. The summed E-state index contributed by atoms with van der Waals surface area (Å²) in [7, 11) is 1.40. The second kappa shape index (κ2) is 9.61. The van der Waals surface area contributed by atoms with Crippen LogP contribution in [0.15, 0.2) is 0 Å². The van der Waals surface area contributed by atoms with Gasteiger partial charge in [0.25, 0.3) is 0 Å². The van der Waals surface area contributed by atoms with Gasteiger partial charge in [-0.25, -0.2) is 5.90 Å². The van der Waals surface area contributed by atoms with Crippen molar-refractivity contribution in [3.05, 3.63) is 0 Å². The minimum Gasteiger partial charge on any atom is -0.374 e. The molecule has 0 aromatic carbocycles. The lowest BCUT2D eigenvalue weighted by molar-refractivity contribution is -0.141. The molecule has 4 N–H and O–H groups in total. The highest BCUT2D eigenvalue weighted by atomic mass is 16.7. The van der Waals surface area contributed by atoms with Gasteiger partial charge >= 0.3 is 5.97 Å². The number of carbonyl (C=O) groups is 1. The van der Waals surface area contributed by atoms with Gasteiger partial charge in [-0.3, -0.25) is 4.79 Å². The van der Waals surface area contributed by atoms with Crippen molar-refractivity contribution in [3.8, 4) is 0 Å². The Morgan fingerprint density at radius 3 is 1.62 bits per heavy atom. The Labute approximate surface area is 47.5 Å². The van der Waals surface area contributed by atoms with Crippen molar-refractivity contribution >= 4 is 5.97 Å². The Balaban J connectivity index is 0. The molecule has 8 heavy (non-hydrogen) atoms. The zero-order valence-corrected chi connectivity index (χ0v) is 4.88. The van der Waals surface area contributed by atoms with E-state index in [1.807, 2.05) is 0 Å². The van der Waals surface area contributed by atoms with Crippen LogP contribution in [0, 0.1) is 0 Å². The molecule has 0 heterocycles. The molecule has 0 atom stereocenters. The maximum Gasteiger partial charge on any atom is 0.321 e. The molecule has 0 aliphatic rings. The Hall–Kier alpha value is -0.650. The van der Waals surface area contributed by atoms with Crippen LogP contribution in [0.4, 0.5) is 0 Å². The molecule has 0 aliphatic carbocycles. The number of rotatable bonds is 0. The Morgan fingerprint density at radius 1 is 1.50 bits per heavy atom. The summed E-state index contributed by atoms with van der Waals surface area (Å²) in [5, 5.41) is 0. The first-order chi connectivity index (χ1) is 3.68. The van der Waals surface area contributed by atoms with E-state index in [1.165, 1.54) is 14.0 Å². The van der Waals surface area contributed by atoms with Crippen LogP contribution in [0.3, 0.4) is 0 Å². The van der Waals surface area contributed by atoms with Crippen LogP contribution >= 0.6 is 0 Å². The molecule has 0 fully saturated rings. The molecule has 0 amide bonds. The molecule has 0 aromatic heterocycles. The predicted octanol–water partition coefficient (Wildman–Crippen LogP) is -1.07. The fourth-order valence-electron chi connectivity index (χ4n) is 0. The molecule has 0 radical (unpaired) electrons. The van der Waals surface area contributed by atoms with Crippen molar-refractivity contribution in [2.75, 3.05) is 7.11 Å². The van der Waals surface area contributed by atoms with Gasteiger partial charge < -0.3 is 9.68 Å². The first-order valence-electron chi connectivity index (χ1n) is 1.79. The minimum atomic E-state index is -0.468. The van der Waals surface area contributed by atoms with Gasteiger partial charge in [-0.2, -0.15) is 5.90 Å². The summed E-state index contributed by atoms with van der Waals surface area (Å²) in [5.41, 5.74) is 0. The maximum absolute atomic E-state index is 9.47. The van der Waals surface area contributed by atoms with Crippen molar-refractivity contribution in [2.24, 2.45) is 11.8 Å². The monoisotopic (exact) mass is 122 g/mol. The van der Waals surface area contributed by atoms with Crippen LogP contribution in [0.1, 0.15) is 6.92 Å². The lowest BCUT2D eigenvalue weighted by Gasteiger charge is -1.79. The molecule has 0 saturated heterocycles. The second-order valence-electron chi connectivity index (χ2n) is 0.845. The van der Waals surface area contributed by atoms with E-state index in [-0.39, 0.29) is 0 Å². The van der Waals surface area contributed by atoms with E-state index in [0.717, 1.165) is 0 Å². The van der Waals surface area contributed by atoms with Gasteiger partial charge in [-0.15, -0.1) is 0 Å². The van der Waals surface area contributed by atoms with Crippen LogP contribution < -0.4 is 11.8 Å². The number of hydrogen-bond acceptors (Lipinski definition) is 5. The molecular formula is C3H10N2O3. The highest BCUT2D eigenvalue weighted by Crippen LogP contribution is 1.55. The van der Waals surface area contributed by atoms with Gasteiger partial charge in [0, 0.05) is 6.92 Å². The summed E-state index contributed by atoms with van der Waals surface area (Å²) in [6.45, 7) is 1.24. The summed E-state index contributed by atoms with van der Waals surface area (Å²) in [6, 6.07) is 0. The molecule has 0 spiro atoms. The molecular weight excluding hydrogens is 112 g/mol. The van der Waals surface area contributed by atoms with Crippen LogP contribution in [0.25, 0.3) is 0 Å². The number of carbonyl (C=O) groups excluding carboxylic acids is 1. The highest BCUT2D eigenvalue weighted by Gasteiger charge is 1.77. The molecule has 0 aromatic rings. The smallest absolute Gasteiger partial charge is 0.321 e. The van der Waals surface area contributed by atoms with Crippen molar-refractivity contribution in [1.82, 2.24) is 0 Å². The molecule has 0 bridgehead atoms. The van der Waals surface area contributed by atoms with E-state index >= 15 is 0 Å². The molecule has 5 nitrogen and oxygen atoms in total. The third kappa shape index (κ3) is 55.5. The molecule has 50 valence electrons. The summed E-state index contributed by atoms with van der Waals surface area (Å²) in [4.78, 5) is 16.8. The summed E-state index contributed by atoms with van der Waals surface area (Å²) in [6.07, 6.45) is 0. The fraction of sp³-hybridized carbons (Fsp3) is 0.667. The molecule has 0 rings (SSSR count). The van der Waals surface area contributed by atoms with Gasteiger partial charge in [0.1, 0.15) is 0 Å². The van der Waals surface area contributed by atoms with Crippen molar-refractivity contribution < 1.29 is 14.5 Å². The van der Waals surface area contributed by atoms with E-state index in [1.54, 1.807) is 0 Å². The topological polar surface area (TPSA) is 87.6 Å². The van der Waals surface area contributed by atoms with Gasteiger partial charge in [0.05, 0.1) is 7.11 Å². The molecule has 0 saturated carbocycles. The molecule has 5 heteroatoms. The van der Waals surface area contributed by atoms with Crippen molar-refractivity contribution in [3.63, 3.8) is 0 Å². The Bertz CT molecular complexity index is 56.5. The van der Waals surface area contributed by atoms with E-state index in [9.17, 15) is 4.79 Å². The quantitative estimate of drug-likeness (QED) is 0.399. The van der Waals surface area contributed by atoms with Gasteiger partial charge in [-0.1, -0.05) is 0 Å². The van der Waals surface area contributed by atoms with Crippen LogP contribution in [0.2, 0.25) is 0 Å². The SMILES string of the molecule is CC(=O)ON.CON. The van der Waals surface area contributed by atoms with Crippen molar-refractivity contribution in [2.45, 2.75) is 6.92 Å². The second-order valence-corrected chi connectivity index (χ2v) is 0.845. The maximum atomic E-state index is 9.47. The van der Waals surface area contributed by atoms with Gasteiger partial charge in [-0.05, 0) is 0 Å². The third-order valence-corrected chi connectivity index (χ3v) is 0.166. The largest absolute Gasteiger partial charge is 0.374 e. The average Bonchev–Trinajstić information content (AvgIpc) is 1.69. The van der Waals surface area contributed by atoms with Crippen LogP contribution in [-0.2, 0) is 14.5 Å². The Kier molecular flexibility index (Phi) is 12.4. The highest BCUT2D eigenvalue weighted by molar-refractivity contribution is 5.65. The summed E-state index contributed by atoms with van der Waals surface area (Å²) >= 11 is 0. The zero-order chi connectivity index (χ0) is 6.99. The standard InChI is InChI=1S/C2H5NO2.CH5NO/c1-2(4)5-3;1-3-2/h3H2,1H3;2H2,1H3. The van der Waals surface area contributed by atoms with Crippen LogP contribution in [0.5, 0.6) is 0 Å². The number of nitrogens with two attached hydrogens (primary N) is 2. The van der Waals surface area contributed by atoms with Gasteiger partial charge in [0.2, 0.25) is 0 Å². The summed E-state index contributed by atoms with van der Waals surface area (Å²) < 4.78 is 0. The first-order valence-corrected chi connectivity index (χ1v) is 1.79. The summed E-state index contributed by atoms with van der Waals surface area (Å²) in [5.74, 6) is 8.20. The minimum absolute atomic E-state index is 0.468. The fourth-order valence-corrected chi connectivity index (χ4v) is 0. The van der Waals surface area contributed by atoms with E-state index in [0.29, 0.717) is 0 Å². The normalized spacial score (nSPS) is 6.50. The van der Waals surface area contributed by atoms with E-state index in [4.69, 9.17) is 0 Å². The number of hydrogen-bond donors (Lipinski definition) is 2. The van der Waals surface area contributed by atoms with E-state index < -0.39 is 5.97 Å². The van der Waals surface area contributed by atoms with Gasteiger partial charge in [0.15, 0.2) is 0 Å². The lowest BCUT2D eigenvalue weighted by Crippen LogP contribution is -2.03. The predicted molar refractivity (Wildman–Crippen MR) is 27.1 cm³/mol. The van der Waals surface area contributed by atoms with E-state index in [2.05, 4.69) is 21.5 Å². The lowest BCUT2D eigenvalue weighted by atomic mass is 10.8. The Morgan fingerprint density at radius 2 is 1.62 bits per heavy atom. The van der Waals surface area contributed by atoms with Crippen molar-refractivity contribution in [1.29, 1.82) is 0 Å². The first kappa shape index (κ1) is 10.4.